The van der Waals surface area contributed by atoms with Crippen molar-refractivity contribution < 1.29 is 0 Å². The van der Waals surface area contributed by atoms with Crippen LogP contribution in [0.4, 0.5) is 0 Å². The Labute approximate surface area is 101 Å². The highest BCUT2D eigenvalue weighted by Crippen LogP contribution is 2.26. The van der Waals surface area contributed by atoms with Crippen LogP contribution in [0, 0.1) is 0 Å². The Morgan fingerprint density at radius 3 is 2.88 bits per heavy atom. The van der Waals surface area contributed by atoms with Gasteiger partial charge < -0.3 is 10.3 Å². The summed E-state index contributed by atoms with van der Waals surface area (Å²) < 4.78 is 0. The summed E-state index contributed by atoms with van der Waals surface area (Å²) in [6.45, 7) is 4.05. The lowest BCUT2D eigenvalue weighted by molar-refractivity contribution is 0.635. The van der Waals surface area contributed by atoms with Crippen LogP contribution in [0.25, 0.3) is 10.9 Å². The van der Waals surface area contributed by atoms with Crippen molar-refractivity contribution in [3.05, 3.63) is 35.0 Å². The third-order valence-corrected chi connectivity index (χ3v) is 3.15. The van der Waals surface area contributed by atoms with Gasteiger partial charge in [-0.2, -0.15) is 0 Å². The van der Waals surface area contributed by atoms with Gasteiger partial charge in [0.25, 0.3) is 0 Å². The third kappa shape index (κ3) is 2.39. The van der Waals surface area contributed by atoms with E-state index in [1.54, 1.807) is 0 Å². The molecule has 0 aliphatic rings. The van der Waals surface area contributed by atoms with Crippen molar-refractivity contribution in [1.29, 1.82) is 0 Å². The van der Waals surface area contributed by atoms with Crippen LogP contribution in [0.5, 0.6) is 0 Å². The Balaban J connectivity index is 2.09. The maximum atomic E-state index is 6.30. The van der Waals surface area contributed by atoms with Gasteiger partial charge in [0, 0.05) is 23.1 Å². The minimum Gasteiger partial charge on any atom is -0.356 e. The molecule has 16 heavy (non-hydrogen) atoms. The van der Waals surface area contributed by atoms with Crippen molar-refractivity contribution in [2.24, 2.45) is 0 Å². The van der Waals surface area contributed by atoms with E-state index >= 15 is 0 Å². The molecule has 0 unspecified atom stereocenters. The molecule has 0 fully saturated rings. The largest absolute Gasteiger partial charge is 0.356 e. The lowest BCUT2D eigenvalue weighted by atomic mass is 10.2. The molecule has 2 aromatic rings. The van der Waals surface area contributed by atoms with Crippen LogP contribution >= 0.6 is 11.6 Å². The number of H-pyrrole nitrogens is 1. The molecule has 2 rings (SSSR count). The van der Waals surface area contributed by atoms with Crippen LogP contribution in [0.2, 0.25) is 5.02 Å². The Hall–Kier alpha value is -0.990. The molecule has 0 spiro atoms. The first-order chi connectivity index (χ1) is 7.83. The van der Waals surface area contributed by atoms with E-state index in [-0.39, 0.29) is 0 Å². The zero-order chi connectivity index (χ0) is 11.4. The summed E-state index contributed by atoms with van der Waals surface area (Å²) in [5.41, 5.74) is 2.19. The third-order valence-electron chi connectivity index (χ3n) is 2.72. The molecule has 0 atom stereocenters. The first kappa shape index (κ1) is 11.5. The second-order valence-corrected chi connectivity index (χ2v) is 4.37. The molecule has 0 saturated carbocycles. The predicted molar refractivity (Wildman–Crippen MR) is 69.9 cm³/mol. The van der Waals surface area contributed by atoms with Crippen LogP contribution in [0.3, 0.4) is 0 Å². The summed E-state index contributed by atoms with van der Waals surface area (Å²) in [6.07, 6.45) is 2.42. The monoisotopic (exact) mass is 236 g/mol. The van der Waals surface area contributed by atoms with Crippen LogP contribution in [-0.4, -0.2) is 11.5 Å². The number of para-hydroxylation sites is 1. The van der Waals surface area contributed by atoms with Gasteiger partial charge in [-0.3, -0.25) is 0 Å². The molecule has 86 valence electrons. The van der Waals surface area contributed by atoms with Crippen LogP contribution in [0.1, 0.15) is 25.5 Å². The lowest BCUT2D eigenvalue weighted by Gasteiger charge is -2.01. The van der Waals surface area contributed by atoms with E-state index in [1.165, 1.54) is 12.8 Å². The number of aromatic nitrogens is 1. The summed E-state index contributed by atoms with van der Waals surface area (Å²) in [5.74, 6) is 0. The maximum Gasteiger partial charge on any atom is 0.0705 e. The summed E-state index contributed by atoms with van der Waals surface area (Å²) in [5, 5.41) is 5.34. The molecule has 0 aliphatic carbocycles. The molecular weight excluding hydrogens is 220 g/mol. The highest BCUT2D eigenvalue weighted by Gasteiger charge is 2.07. The number of hydrogen-bond donors (Lipinski definition) is 2. The number of benzene rings is 1. The van der Waals surface area contributed by atoms with E-state index in [2.05, 4.69) is 23.3 Å². The van der Waals surface area contributed by atoms with Gasteiger partial charge in [0.2, 0.25) is 0 Å². The lowest BCUT2D eigenvalue weighted by Crippen LogP contribution is -2.14. The standard InChI is InChI=1S/C13H17ClN2/c1-2-3-8-15-9-12-13(14)10-6-4-5-7-11(10)16-12/h4-7,15-16H,2-3,8-9H2,1H3. The maximum absolute atomic E-state index is 6.30. The minimum atomic E-state index is 0.813. The van der Waals surface area contributed by atoms with E-state index in [9.17, 15) is 0 Å². The quantitative estimate of drug-likeness (QED) is 0.761. The summed E-state index contributed by atoms with van der Waals surface area (Å²) >= 11 is 6.30. The van der Waals surface area contributed by atoms with Crippen LogP contribution < -0.4 is 5.32 Å². The smallest absolute Gasteiger partial charge is 0.0705 e. The molecular formula is C13H17ClN2. The van der Waals surface area contributed by atoms with E-state index in [0.717, 1.165) is 34.7 Å². The summed E-state index contributed by atoms with van der Waals surface area (Å²) in [7, 11) is 0. The van der Waals surface area contributed by atoms with Gasteiger partial charge in [-0.1, -0.05) is 43.1 Å². The SMILES string of the molecule is CCCCNCc1[nH]c2ccccc2c1Cl. The highest BCUT2D eigenvalue weighted by atomic mass is 35.5. The van der Waals surface area contributed by atoms with Gasteiger partial charge in [-0.05, 0) is 19.0 Å². The average Bonchev–Trinajstić information content (AvgIpc) is 2.63. The highest BCUT2D eigenvalue weighted by molar-refractivity contribution is 6.36. The molecule has 0 radical (unpaired) electrons. The molecule has 0 saturated heterocycles. The molecule has 2 nitrogen and oxygen atoms in total. The number of unbranched alkanes of at least 4 members (excludes halogenated alkanes) is 1. The number of nitrogens with one attached hydrogen (secondary N) is 2. The Morgan fingerprint density at radius 2 is 2.12 bits per heavy atom. The molecule has 0 amide bonds. The summed E-state index contributed by atoms with van der Waals surface area (Å²) in [6, 6.07) is 8.13. The fourth-order valence-corrected chi connectivity index (χ4v) is 2.08. The predicted octanol–water partition coefficient (Wildman–Crippen LogP) is 3.71. The number of rotatable bonds is 5. The van der Waals surface area contributed by atoms with Crippen molar-refractivity contribution in [3.8, 4) is 0 Å². The number of fused-ring (bicyclic) bond motifs is 1. The summed E-state index contributed by atoms with van der Waals surface area (Å²) in [4.78, 5) is 3.35. The molecule has 1 heterocycles. The van der Waals surface area contributed by atoms with Gasteiger partial charge in [0.15, 0.2) is 0 Å². The second kappa shape index (κ2) is 5.37. The normalized spacial score (nSPS) is 11.1. The van der Waals surface area contributed by atoms with Crippen molar-refractivity contribution in [1.82, 2.24) is 10.3 Å². The zero-order valence-electron chi connectivity index (χ0n) is 9.52. The van der Waals surface area contributed by atoms with Crippen LogP contribution in [-0.2, 0) is 6.54 Å². The first-order valence-electron chi connectivity index (χ1n) is 5.78. The molecule has 2 N–H and O–H groups in total. The first-order valence-corrected chi connectivity index (χ1v) is 6.16. The number of aromatic amines is 1. The average molecular weight is 237 g/mol. The molecule has 1 aromatic heterocycles. The molecule has 0 bridgehead atoms. The van der Waals surface area contributed by atoms with E-state index in [1.807, 2.05) is 18.2 Å². The van der Waals surface area contributed by atoms with Crippen molar-refractivity contribution in [2.45, 2.75) is 26.3 Å². The minimum absolute atomic E-state index is 0.813. The van der Waals surface area contributed by atoms with Crippen molar-refractivity contribution in [3.63, 3.8) is 0 Å². The molecule has 0 aliphatic heterocycles. The van der Waals surface area contributed by atoms with Gasteiger partial charge in [-0.15, -0.1) is 0 Å². The van der Waals surface area contributed by atoms with Crippen molar-refractivity contribution in [2.75, 3.05) is 6.54 Å². The van der Waals surface area contributed by atoms with E-state index in [4.69, 9.17) is 11.6 Å². The number of halogens is 1. The van der Waals surface area contributed by atoms with Gasteiger partial charge >= 0.3 is 0 Å². The fraction of sp³-hybridized carbons (Fsp3) is 0.385. The Kier molecular flexibility index (Phi) is 3.86. The Bertz CT molecular complexity index is 462. The second-order valence-electron chi connectivity index (χ2n) is 3.99. The van der Waals surface area contributed by atoms with Gasteiger partial charge in [-0.25, -0.2) is 0 Å². The van der Waals surface area contributed by atoms with Crippen LogP contribution in [0.15, 0.2) is 24.3 Å². The Morgan fingerprint density at radius 1 is 1.31 bits per heavy atom. The van der Waals surface area contributed by atoms with Gasteiger partial charge in [0.05, 0.1) is 5.02 Å². The topological polar surface area (TPSA) is 27.8 Å². The molecule has 1 aromatic carbocycles. The van der Waals surface area contributed by atoms with E-state index < -0.39 is 0 Å². The number of hydrogen-bond acceptors (Lipinski definition) is 1. The molecule has 3 heteroatoms. The van der Waals surface area contributed by atoms with Gasteiger partial charge in [0.1, 0.15) is 0 Å². The van der Waals surface area contributed by atoms with Crippen molar-refractivity contribution >= 4 is 22.5 Å². The van der Waals surface area contributed by atoms with E-state index in [0.29, 0.717) is 0 Å². The fourth-order valence-electron chi connectivity index (χ4n) is 1.80. The zero-order valence-corrected chi connectivity index (χ0v) is 10.3.